The largest absolute Gasteiger partial charge is 0.352 e. The molecule has 2 aliphatic carbocycles. The van der Waals surface area contributed by atoms with Crippen LogP contribution in [0, 0.1) is 17.2 Å². The Bertz CT molecular complexity index is 2810. The van der Waals surface area contributed by atoms with Gasteiger partial charge in [-0.2, -0.15) is 0 Å². The minimum Gasteiger partial charge on any atom is -0.352 e. The lowest BCUT2D eigenvalue weighted by atomic mass is 9.53. The molecule has 5 amide bonds. The molecule has 366 valence electrons. The fourth-order valence-electron chi connectivity index (χ4n) is 12.9. The predicted octanol–water partition coefficient (Wildman–Crippen LogP) is 5.90. The van der Waals surface area contributed by atoms with E-state index in [1.54, 1.807) is 29.8 Å². The fourth-order valence-corrected chi connectivity index (χ4v) is 13.2. The number of amides is 5. The van der Waals surface area contributed by atoms with E-state index in [2.05, 4.69) is 45.0 Å². The number of piperazine rings is 1. The van der Waals surface area contributed by atoms with Crippen molar-refractivity contribution in [1.29, 1.82) is 0 Å². The molecule has 5 fully saturated rings. The third-order valence-corrected chi connectivity index (χ3v) is 17.1. The summed E-state index contributed by atoms with van der Waals surface area (Å²) in [5.41, 5.74) is 1.37. The second-order valence-corrected chi connectivity index (χ2v) is 22.0. The number of carbonyl (C=O) groups excluding carboxylic acids is 5. The van der Waals surface area contributed by atoms with Gasteiger partial charge in [-0.25, -0.2) is 14.2 Å². The number of nitrogens with zero attached hydrogens (tertiary/aromatic N) is 5. The Morgan fingerprint density at radius 3 is 2.42 bits per heavy atom. The number of carbonyl (C=O) groups is 5. The van der Waals surface area contributed by atoms with Crippen LogP contribution >= 0.6 is 23.2 Å². The molecule has 2 saturated carbocycles. The number of rotatable bonds is 10. The van der Waals surface area contributed by atoms with Crippen LogP contribution in [-0.4, -0.2) is 104 Å². The van der Waals surface area contributed by atoms with Crippen LogP contribution < -0.4 is 27.0 Å². The first-order valence-corrected chi connectivity index (χ1v) is 25.3. The number of anilines is 1. The van der Waals surface area contributed by atoms with Crippen molar-refractivity contribution in [2.45, 2.75) is 126 Å². The van der Waals surface area contributed by atoms with Gasteiger partial charge in [-0.1, -0.05) is 49.2 Å². The molecule has 10 rings (SSSR count). The maximum Gasteiger partial charge on any atom is 0.329 e. The Labute approximate surface area is 410 Å². The number of hydrogen-bond donors (Lipinski definition) is 4. The van der Waals surface area contributed by atoms with Crippen LogP contribution in [0.3, 0.4) is 0 Å². The Hall–Kier alpha value is -5.16. The zero-order valence-electron chi connectivity index (χ0n) is 39.3. The number of imide groups is 1. The van der Waals surface area contributed by atoms with E-state index in [0.717, 1.165) is 75.5 Å². The van der Waals surface area contributed by atoms with Gasteiger partial charge in [-0.05, 0) is 136 Å². The van der Waals surface area contributed by atoms with E-state index < -0.39 is 40.7 Å². The maximum atomic E-state index is 16.4. The van der Waals surface area contributed by atoms with Crippen LogP contribution in [0.1, 0.15) is 113 Å². The summed E-state index contributed by atoms with van der Waals surface area (Å²) < 4.78 is 19.4. The smallest absolute Gasteiger partial charge is 0.329 e. The third-order valence-electron chi connectivity index (χ3n) is 16.6. The van der Waals surface area contributed by atoms with Crippen molar-refractivity contribution in [3.8, 4) is 0 Å². The molecular formula is C51H60Cl2FN9O6. The molecule has 2 aromatic heterocycles. The number of hydrogen-bond acceptors (Lipinski definition) is 9. The SMILES string of the molecule is Cn1c(=O)n(C2CCC(=O)NC2=O)c2ccc(CCCN3CCN(CC4CCC(NC(=O)[C@@H]5NC6(CCC(C)(C)CC6)[C@@]6(C(=O)Nc7cc(Cl)ccc76)[C@H]5c5ccnc(Cl)c5F)CC4)C(=O)C3)cc21. The number of piperidine rings is 1. The molecule has 0 bridgehead atoms. The van der Waals surface area contributed by atoms with Crippen molar-refractivity contribution in [2.75, 3.05) is 38.0 Å². The highest BCUT2D eigenvalue weighted by Crippen LogP contribution is 2.64. The number of imidazole rings is 1. The van der Waals surface area contributed by atoms with E-state index in [4.69, 9.17) is 23.2 Å². The molecule has 4 N–H and O–H groups in total. The van der Waals surface area contributed by atoms with Crippen LogP contribution in [0.25, 0.3) is 11.0 Å². The van der Waals surface area contributed by atoms with Crippen molar-refractivity contribution in [3.63, 3.8) is 0 Å². The van der Waals surface area contributed by atoms with Gasteiger partial charge in [0.2, 0.25) is 29.5 Å². The number of pyridine rings is 1. The highest BCUT2D eigenvalue weighted by atomic mass is 35.5. The van der Waals surface area contributed by atoms with Crippen molar-refractivity contribution in [2.24, 2.45) is 18.4 Å². The Morgan fingerprint density at radius 2 is 1.68 bits per heavy atom. The molecule has 18 heteroatoms. The van der Waals surface area contributed by atoms with Crippen molar-refractivity contribution in [1.82, 2.24) is 39.9 Å². The summed E-state index contributed by atoms with van der Waals surface area (Å²) in [6.45, 7) is 7.62. The van der Waals surface area contributed by atoms with Crippen LogP contribution in [0.2, 0.25) is 10.2 Å². The lowest BCUT2D eigenvalue weighted by Crippen LogP contribution is -2.61. The lowest BCUT2D eigenvalue weighted by molar-refractivity contribution is -0.137. The molecule has 2 aromatic carbocycles. The monoisotopic (exact) mass is 983 g/mol. The summed E-state index contributed by atoms with van der Waals surface area (Å²) in [5.74, 6) is -2.65. The molecule has 3 saturated heterocycles. The minimum absolute atomic E-state index is 0.0192. The van der Waals surface area contributed by atoms with E-state index >= 15 is 4.39 Å². The first kappa shape index (κ1) is 47.5. The summed E-state index contributed by atoms with van der Waals surface area (Å²) in [6.07, 6.45) is 9.41. The number of benzene rings is 2. The van der Waals surface area contributed by atoms with Crippen LogP contribution in [0.15, 0.2) is 53.5 Å². The van der Waals surface area contributed by atoms with Crippen molar-refractivity contribution < 1.29 is 28.4 Å². The van der Waals surface area contributed by atoms with Crippen LogP contribution in [0.5, 0.6) is 0 Å². The molecule has 4 atom stereocenters. The molecule has 0 radical (unpaired) electrons. The average molecular weight is 985 g/mol. The van der Waals surface area contributed by atoms with Gasteiger partial charge in [0.15, 0.2) is 11.0 Å². The molecule has 69 heavy (non-hydrogen) atoms. The minimum atomic E-state index is -1.35. The van der Waals surface area contributed by atoms with E-state index in [-0.39, 0.29) is 70.3 Å². The number of halogens is 3. The summed E-state index contributed by atoms with van der Waals surface area (Å²) in [5, 5.41) is 12.7. The normalized spacial score (nSPS) is 27.8. The molecule has 6 aliphatic rings. The molecular weight excluding hydrogens is 925 g/mol. The van der Waals surface area contributed by atoms with Gasteiger partial charge < -0.3 is 15.5 Å². The Kier molecular flexibility index (Phi) is 12.5. The predicted molar refractivity (Wildman–Crippen MR) is 259 cm³/mol. The van der Waals surface area contributed by atoms with Gasteiger partial charge in [-0.15, -0.1) is 0 Å². The van der Waals surface area contributed by atoms with Crippen molar-refractivity contribution >= 4 is 69.5 Å². The highest BCUT2D eigenvalue weighted by molar-refractivity contribution is 6.31. The summed E-state index contributed by atoms with van der Waals surface area (Å²) >= 11 is 12.8. The zero-order valence-corrected chi connectivity index (χ0v) is 40.9. The first-order chi connectivity index (χ1) is 33.0. The zero-order chi connectivity index (χ0) is 48.6. The maximum absolute atomic E-state index is 16.4. The van der Waals surface area contributed by atoms with Crippen molar-refractivity contribution in [3.05, 3.63) is 91.8 Å². The second-order valence-electron chi connectivity index (χ2n) is 21.3. The van der Waals surface area contributed by atoms with Gasteiger partial charge in [0.25, 0.3) is 0 Å². The molecule has 6 heterocycles. The van der Waals surface area contributed by atoms with E-state index in [0.29, 0.717) is 54.3 Å². The fraction of sp³-hybridized carbons (Fsp3) is 0.549. The van der Waals surface area contributed by atoms with E-state index in [9.17, 15) is 28.8 Å². The first-order valence-electron chi connectivity index (χ1n) is 24.5. The molecule has 1 unspecified atom stereocenters. The lowest BCUT2D eigenvalue weighted by Gasteiger charge is -2.50. The standard InChI is InChI=1S/C51H60Cl2FN9O6/c1-49(2)17-19-50(20-18-49)51(34-12-9-31(52)26-35(34)57-47(51)68)41(33-16-21-55-44(53)42(33)54)43(59-50)46(67)56-32-10-6-30(7-11-32)27-62-24-23-61(28-40(62)65)22-4-5-29-8-13-36-38(25-29)60(3)48(69)63(36)37-14-15-39(64)58-45(37)66/h8-9,12-13,16,21,25-26,30,32,37,41,43,59H,4-7,10-11,14-15,17-20,22-24,27-28H2,1-3H3,(H,56,67)(H,57,68)(H,58,64,66)/t30?,32?,37?,41-,43+,51+/m0/s1. The van der Waals surface area contributed by atoms with Gasteiger partial charge in [0.05, 0.1) is 23.6 Å². The molecule has 4 aromatic rings. The number of nitrogens with one attached hydrogen (secondary N) is 4. The second kappa shape index (κ2) is 18.2. The number of aryl methyl sites for hydroxylation is 2. The van der Waals surface area contributed by atoms with E-state index in [1.165, 1.54) is 10.8 Å². The summed E-state index contributed by atoms with van der Waals surface area (Å²) in [4.78, 5) is 88.9. The number of aromatic nitrogens is 3. The van der Waals surface area contributed by atoms with E-state index in [1.807, 2.05) is 29.2 Å². The topological polar surface area (TPSA) is 180 Å². The highest BCUT2D eigenvalue weighted by Gasteiger charge is 2.73. The number of fused-ring (bicyclic) bond motifs is 4. The quantitative estimate of drug-likeness (QED) is 0.111. The molecule has 4 aliphatic heterocycles. The third kappa shape index (κ3) is 8.36. The summed E-state index contributed by atoms with van der Waals surface area (Å²) in [6, 6.07) is 10.9. The molecule has 2 spiro atoms. The Morgan fingerprint density at radius 1 is 0.913 bits per heavy atom. The Balaban J connectivity index is 0.759. The van der Waals surface area contributed by atoms with Crippen LogP contribution in [0.4, 0.5) is 10.1 Å². The van der Waals surface area contributed by atoms with Gasteiger partial charge >= 0.3 is 5.69 Å². The molecule has 15 nitrogen and oxygen atoms in total. The average Bonchev–Trinajstić information content (AvgIpc) is 3.87. The van der Waals surface area contributed by atoms with Gasteiger partial charge in [-0.3, -0.25) is 48.6 Å². The van der Waals surface area contributed by atoms with Crippen LogP contribution in [-0.2, 0) is 42.9 Å². The van der Waals surface area contributed by atoms with Gasteiger partial charge in [0.1, 0.15) is 11.5 Å². The van der Waals surface area contributed by atoms with Gasteiger partial charge in [0, 0.05) is 67.5 Å². The summed E-state index contributed by atoms with van der Waals surface area (Å²) in [7, 11) is 1.69.